The van der Waals surface area contributed by atoms with Gasteiger partial charge in [0.15, 0.2) is 5.03 Å². The molecule has 1 fully saturated rings. The minimum atomic E-state index is -3.61. The summed E-state index contributed by atoms with van der Waals surface area (Å²) in [6, 6.07) is 5.82. The van der Waals surface area contributed by atoms with E-state index in [-0.39, 0.29) is 17.3 Å². The van der Waals surface area contributed by atoms with Crippen molar-refractivity contribution in [1.82, 2.24) is 13.9 Å². The maximum Gasteiger partial charge on any atom is 0.262 e. The van der Waals surface area contributed by atoms with E-state index in [9.17, 15) is 17.6 Å². The van der Waals surface area contributed by atoms with E-state index in [0.29, 0.717) is 13.1 Å². The lowest BCUT2D eigenvalue weighted by molar-refractivity contribution is -0.116. The van der Waals surface area contributed by atoms with Gasteiger partial charge < -0.3 is 9.88 Å². The Hall–Kier alpha value is -2.26. The zero-order valence-corrected chi connectivity index (χ0v) is 13.7. The molecule has 1 aromatic heterocycles. The van der Waals surface area contributed by atoms with Crippen LogP contribution in [0.5, 0.6) is 0 Å². The van der Waals surface area contributed by atoms with E-state index in [2.05, 4.69) is 10.3 Å². The Morgan fingerprint density at radius 2 is 1.96 bits per heavy atom. The van der Waals surface area contributed by atoms with Gasteiger partial charge in [-0.2, -0.15) is 4.31 Å². The largest absolute Gasteiger partial charge is 0.327 e. The molecule has 0 saturated carbocycles. The lowest BCUT2D eigenvalue weighted by Gasteiger charge is -2.12. The van der Waals surface area contributed by atoms with E-state index >= 15 is 0 Å². The number of anilines is 1. The van der Waals surface area contributed by atoms with Crippen LogP contribution in [0, 0.1) is 5.82 Å². The summed E-state index contributed by atoms with van der Waals surface area (Å²) in [7, 11) is -3.61. The number of carbonyl (C=O) groups excluding carboxylic acids is 1. The van der Waals surface area contributed by atoms with E-state index < -0.39 is 21.7 Å². The summed E-state index contributed by atoms with van der Waals surface area (Å²) < 4.78 is 41.0. The van der Waals surface area contributed by atoms with Crippen molar-refractivity contribution in [3.8, 4) is 0 Å². The van der Waals surface area contributed by atoms with Crippen LogP contribution >= 0.6 is 0 Å². The Kier molecular flexibility index (Phi) is 4.63. The van der Waals surface area contributed by atoms with Gasteiger partial charge in [0.2, 0.25) is 5.91 Å². The van der Waals surface area contributed by atoms with Gasteiger partial charge in [0.25, 0.3) is 10.0 Å². The molecule has 1 aromatic carbocycles. The smallest absolute Gasteiger partial charge is 0.262 e. The average molecular weight is 352 g/mol. The summed E-state index contributed by atoms with van der Waals surface area (Å²) in [5.41, 5.74) is 0.0764. The van der Waals surface area contributed by atoms with Crippen molar-refractivity contribution in [2.24, 2.45) is 0 Å². The van der Waals surface area contributed by atoms with Crippen molar-refractivity contribution in [1.29, 1.82) is 0 Å². The molecule has 9 heteroatoms. The van der Waals surface area contributed by atoms with Crippen LogP contribution in [0.4, 0.5) is 10.1 Å². The Morgan fingerprint density at radius 1 is 1.25 bits per heavy atom. The second kappa shape index (κ2) is 6.70. The summed E-state index contributed by atoms with van der Waals surface area (Å²) in [6.45, 7) is 0.822. The highest BCUT2D eigenvalue weighted by Gasteiger charge is 2.29. The summed E-state index contributed by atoms with van der Waals surface area (Å²) in [5, 5.41) is 2.36. The van der Waals surface area contributed by atoms with Crippen LogP contribution in [-0.2, 0) is 21.4 Å². The summed E-state index contributed by atoms with van der Waals surface area (Å²) in [4.78, 5) is 15.9. The van der Waals surface area contributed by atoms with Crippen LogP contribution < -0.4 is 5.32 Å². The highest BCUT2D eigenvalue weighted by molar-refractivity contribution is 7.89. The number of carbonyl (C=O) groups is 1. The molecule has 1 N–H and O–H groups in total. The predicted molar refractivity (Wildman–Crippen MR) is 85.2 cm³/mol. The van der Waals surface area contributed by atoms with Crippen molar-refractivity contribution in [3.05, 3.63) is 42.6 Å². The van der Waals surface area contributed by atoms with Crippen LogP contribution in [-0.4, -0.2) is 41.3 Å². The number of rotatable bonds is 5. The Bertz CT molecular complexity index is 844. The third-order valence-corrected chi connectivity index (χ3v) is 5.54. The first-order valence-corrected chi connectivity index (χ1v) is 8.97. The minimum Gasteiger partial charge on any atom is -0.327 e. The first-order valence-electron chi connectivity index (χ1n) is 7.53. The van der Waals surface area contributed by atoms with Crippen molar-refractivity contribution in [2.45, 2.75) is 24.4 Å². The molecule has 7 nitrogen and oxygen atoms in total. The quantitative estimate of drug-likeness (QED) is 0.883. The number of benzene rings is 1. The third-order valence-electron chi connectivity index (χ3n) is 3.75. The Morgan fingerprint density at radius 3 is 2.67 bits per heavy atom. The fourth-order valence-electron chi connectivity index (χ4n) is 2.54. The number of hydrogen-bond donors (Lipinski definition) is 1. The molecule has 0 atom stereocenters. The highest BCUT2D eigenvalue weighted by atomic mass is 32.2. The molecule has 1 aliphatic rings. The molecule has 0 spiro atoms. The topological polar surface area (TPSA) is 84.3 Å². The molecule has 0 unspecified atom stereocenters. The van der Waals surface area contributed by atoms with E-state index in [0.717, 1.165) is 12.8 Å². The van der Waals surface area contributed by atoms with Crippen LogP contribution in [0.2, 0.25) is 0 Å². The normalized spacial score (nSPS) is 15.5. The van der Waals surface area contributed by atoms with Gasteiger partial charge in [-0.05, 0) is 25.0 Å². The number of amides is 1. The first kappa shape index (κ1) is 16.6. The molecule has 1 amide bonds. The lowest BCUT2D eigenvalue weighted by atomic mass is 10.3. The molecule has 128 valence electrons. The van der Waals surface area contributed by atoms with E-state index in [1.54, 1.807) is 6.07 Å². The van der Waals surface area contributed by atoms with Gasteiger partial charge in [0.05, 0.1) is 12.0 Å². The summed E-state index contributed by atoms with van der Waals surface area (Å²) >= 11 is 0. The van der Waals surface area contributed by atoms with Gasteiger partial charge in [0.1, 0.15) is 12.4 Å². The molecule has 0 bridgehead atoms. The Balaban J connectivity index is 1.68. The fraction of sp³-hybridized carbons (Fsp3) is 0.333. The fourth-order valence-corrected chi connectivity index (χ4v) is 3.99. The zero-order valence-electron chi connectivity index (χ0n) is 12.9. The number of nitrogens with one attached hydrogen (secondary N) is 1. The summed E-state index contributed by atoms with van der Waals surface area (Å²) in [6.07, 6.45) is 4.27. The number of para-hydroxylation sites is 1. The van der Waals surface area contributed by atoms with Crippen molar-refractivity contribution in [2.75, 3.05) is 18.4 Å². The maximum absolute atomic E-state index is 13.5. The van der Waals surface area contributed by atoms with Crippen molar-refractivity contribution in [3.63, 3.8) is 0 Å². The number of aromatic nitrogens is 2. The second-order valence-corrected chi connectivity index (χ2v) is 7.41. The lowest BCUT2D eigenvalue weighted by Crippen LogP contribution is -2.28. The molecule has 2 heterocycles. The number of nitrogens with zero attached hydrogens (tertiary/aromatic N) is 3. The van der Waals surface area contributed by atoms with Gasteiger partial charge in [-0.15, -0.1) is 0 Å². The standard InChI is InChI=1S/C15H17FN4O3S/c16-12-5-1-2-6-13(12)18-14(21)9-19-10-15(17-11-19)24(22,23)20-7-3-4-8-20/h1-2,5-6,10-11H,3-4,7-9H2,(H,18,21). The van der Waals surface area contributed by atoms with Gasteiger partial charge >= 0.3 is 0 Å². The second-order valence-electron chi connectivity index (χ2n) is 5.52. The van der Waals surface area contributed by atoms with Crippen molar-refractivity contribution < 1.29 is 17.6 Å². The minimum absolute atomic E-state index is 0.0764. The zero-order chi connectivity index (χ0) is 17.2. The maximum atomic E-state index is 13.5. The molecule has 2 aromatic rings. The number of hydrogen-bond acceptors (Lipinski definition) is 4. The van der Waals surface area contributed by atoms with Crippen LogP contribution in [0.25, 0.3) is 0 Å². The third kappa shape index (κ3) is 3.46. The van der Waals surface area contributed by atoms with Gasteiger partial charge in [0, 0.05) is 19.3 Å². The van der Waals surface area contributed by atoms with Gasteiger partial charge in [-0.25, -0.2) is 17.8 Å². The van der Waals surface area contributed by atoms with Gasteiger partial charge in [-0.1, -0.05) is 12.1 Å². The predicted octanol–water partition coefficient (Wildman–Crippen LogP) is 1.45. The average Bonchev–Trinajstić information content (AvgIpc) is 3.21. The molecule has 1 saturated heterocycles. The molecular formula is C15H17FN4O3S. The van der Waals surface area contributed by atoms with Gasteiger partial charge in [-0.3, -0.25) is 4.79 Å². The number of imidazole rings is 1. The number of sulfonamides is 1. The van der Waals surface area contributed by atoms with E-state index in [1.165, 1.54) is 39.6 Å². The van der Waals surface area contributed by atoms with Crippen LogP contribution in [0.15, 0.2) is 41.8 Å². The molecule has 1 aliphatic heterocycles. The van der Waals surface area contributed by atoms with Crippen LogP contribution in [0.3, 0.4) is 0 Å². The Labute approximate surface area is 139 Å². The monoisotopic (exact) mass is 352 g/mol. The highest BCUT2D eigenvalue weighted by Crippen LogP contribution is 2.19. The van der Waals surface area contributed by atoms with E-state index in [1.807, 2.05) is 0 Å². The first-order chi connectivity index (χ1) is 11.5. The van der Waals surface area contributed by atoms with Crippen molar-refractivity contribution >= 4 is 21.6 Å². The number of halogens is 1. The molecule has 24 heavy (non-hydrogen) atoms. The molecular weight excluding hydrogens is 335 g/mol. The molecule has 3 rings (SSSR count). The van der Waals surface area contributed by atoms with E-state index in [4.69, 9.17) is 0 Å². The molecule has 0 radical (unpaired) electrons. The summed E-state index contributed by atoms with van der Waals surface area (Å²) in [5.74, 6) is -1.00. The molecule has 0 aliphatic carbocycles. The SMILES string of the molecule is O=C(Cn1cnc(S(=O)(=O)N2CCCC2)c1)Nc1ccccc1F. The van der Waals surface area contributed by atoms with Crippen LogP contribution in [0.1, 0.15) is 12.8 Å².